The van der Waals surface area contributed by atoms with Gasteiger partial charge in [-0.3, -0.25) is 14.6 Å². The molecule has 1 saturated heterocycles. The molecule has 2 aromatic heterocycles. The third-order valence-corrected chi connectivity index (χ3v) is 7.57. The number of rotatable bonds is 5. The molecule has 1 aliphatic heterocycles. The summed E-state index contributed by atoms with van der Waals surface area (Å²) in [6.45, 7) is 4.43. The first-order valence-electron chi connectivity index (χ1n) is 12.0. The van der Waals surface area contributed by atoms with Crippen molar-refractivity contribution in [3.05, 3.63) is 82.3 Å². The number of aromatic nitrogens is 2. The summed E-state index contributed by atoms with van der Waals surface area (Å²) in [6, 6.07) is 19.3. The van der Waals surface area contributed by atoms with Crippen LogP contribution in [0.5, 0.6) is 0 Å². The summed E-state index contributed by atoms with van der Waals surface area (Å²) in [4.78, 5) is 38.7. The van der Waals surface area contributed by atoms with Gasteiger partial charge in [0.05, 0.1) is 21.8 Å². The molecular formula is C28H28N4O2S. The highest BCUT2D eigenvalue weighted by Gasteiger charge is 2.35. The van der Waals surface area contributed by atoms with Gasteiger partial charge in [-0.15, -0.1) is 11.3 Å². The molecule has 2 unspecified atom stereocenters. The Labute approximate surface area is 209 Å². The number of carbonyl (C=O) groups excluding carboxylic acids is 2. The minimum atomic E-state index is -0.168. The molecule has 0 bridgehead atoms. The molecule has 1 fully saturated rings. The highest BCUT2D eigenvalue weighted by Crippen LogP contribution is 2.32. The van der Waals surface area contributed by atoms with Crippen LogP contribution in [0.3, 0.4) is 0 Å². The molecule has 4 aromatic rings. The van der Waals surface area contributed by atoms with E-state index in [0.717, 1.165) is 40.9 Å². The number of hydrogen-bond acceptors (Lipinski definition) is 5. The van der Waals surface area contributed by atoms with Gasteiger partial charge in [0.25, 0.3) is 11.8 Å². The molecule has 6 nitrogen and oxygen atoms in total. The zero-order valence-corrected chi connectivity index (χ0v) is 20.7. The maximum absolute atomic E-state index is 13.9. The number of benzene rings is 2. The largest absolute Gasteiger partial charge is 0.350 e. The van der Waals surface area contributed by atoms with E-state index in [1.54, 1.807) is 12.3 Å². The molecule has 7 heteroatoms. The summed E-state index contributed by atoms with van der Waals surface area (Å²) in [5, 5.41) is 4.88. The van der Waals surface area contributed by atoms with Gasteiger partial charge in [0, 0.05) is 35.8 Å². The van der Waals surface area contributed by atoms with Gasteiger partial charge in [0.1, 0.15) is 4.88 Å². The van der Waals surface area contributed by atoms with Gasteiger partial charge in [0.15, 0.2) is 0 Å². The number of fused-ring (bicyclic) bond motifs is 1. The van der Waals surface area contributed by atoms with E-state index < -0.39 is 0 Å². The van der Waals surface area contributed by atoms with Crippen LogP contribution in [0, 0.1) is 6.92 Å². The average Bonchev–Trinajstić information content (AvgIpc) is 3.29. The van der Waals surface area contributed by atoms with E-state index in [1.807, 2.05) is 66.4 Å². The number of nitrogens with one attached hydrogen (secondary N) is 1. The normalized spacial score (nSPS) is 17.9. The van der Waals surface area contributed by atoms with Crippen LogP contribution in [0.4, 0.5) is 0 Å². The molecule has 2 aromatic carbocycles. The molecule has 1 N–H and O–H groups in total. The molecule has 178 valence electrons. The summed E-state index contributed by atoms with van der Waals surface area (Å²) in [5.41, 5.74) is 2.91. The predicted octanol–water partition coefficient (Wildman–Crippen LogP) is 5.48. The number of para-hydroxylation sites is 1. The van der Waals surface area contributed by atoms with E-state index in [0.29, 0.717) is 22.5 Å². The summed E-state index contributed by atoms with van der Waals surface area (Å²) >= 11 is 1.44. The Balaban J connectivity index is 1.38. The Morgan fingerprint density at radius 3 is 2.69 bits per heavy atom. The molecular weight excluding hydrogens is 456 g/mol. The minimum absolute atomic E-state index is 0.00673. The Hall–Kier alpha value is -3.58. The van der Waals surface area contributed by atoms with Crippen molar-refractivity contribution in [2.75, 3.05) is 6.54 Å². The van der Waals surface area contributed by atoms with Gasteiger partial charge in [-0.1, -0.05) is 48.5 Å². The summed E-state index contributed by atoms with van der Waals surface area (Å²) in [5.74, 6) is -0.175. The van der Waals surface area contributed by atoms with Crippen LogP contribution in [-0.2, 0) is 0 Å². The van der Waals surface area contributed by atoms with Gasteiger partial charge in [-0.2, -0.15) is 0 Å². The molecule has 0 aliphatic carbocycles. The first-order chi connectivity index (χ1) is 17.0. The van der Waals surface area contributed by atoms with Gasteiger partial charge >= 0.3 is 0 Å². The van der Waals surface area contributed by atoms with E-state index in [4.69, 9.17) is 0 Å². The fourth-order valence-corrected chi connectivity index (χ4v) is 5.81. The molecule has 1 aliphatic rings. The maximum atomic E-state index is 13.9. The zero-order valence-electron chi connectivity index (χ0n) is 19.9. The Kier molecular flexibility index (Phi) is 6.59. The highest BCUT2D eigenvalue weighted by atomic mass is 32.1. The Morgan fingerprint density at radius 2 is 1.86 bits per heavy atom. The third-order valence-electron chi connectivity index (χ3n) is 6.61. The van der Waals surface area contributed by atoms with Crippen molar-refractivity contribution in [1.29, 1.82) is 0 Å². The van der Waals surface area contributed by atoms with Crippen molar-refractivity contribution in [3.63, 3.8) is 0 Å². The molecule has 35 heavy (non-hydrogen) atoms. The predicted molar refractivity (Wildman–Crippen MR) is 140 cm³/mol. The third kappa shape index (κ3) is 4.68. The molecule has 0 saturated carbocycles. The molecule has 3 heterocycles. The lowest BCUT2D eigenvalue weighted by atomic mass is 9.95. The first-order valence-corrected chi connectivity index (χ1v) is 12.8. The lowest BCUT2D eigenvalue weighted by Gasteiger charge is -2.40. The van der Waals surface area contributed by atoms with Crippen molar-refractivity contribution in [2.24, 2.45) is 0 Å². The van der Waals surface area contributed by atoms with Crippen LogP contribution in [0.2, 0.25) is 0 Å². The van der Waals surface area contributed by atoms with Crippen LogP contribution < -0.4 is 5.32 Å². The second-order valence-electron chi connectivity index (χ2n) is 9.01. The van der Waals surface area contributed by atoms with Gasteiger partial charge < -0.3 is 10.2 Å². The fraction of sp³-hybridized carbons (Fsp3) is 0.286. The maximum Gasteiger partial charge on any atom is 0.266 e. The van der Waals surface area contributed by atoms with Crippen molar-refractivity contribution in [2.45, 2.75) is 45.2 Å². The van der Waals surface area contributed by atoms with E-state index in [9.17, 15) is 9.59 Å². The molecule has 0 spiro atoms. The Bertz CT molecular complexity index is 1360. The van der Waals surface area contributed by atoms with Crippen molar-refractivity contribution in [1.82, 2.24) is 20.2 Å². The van der Waals surface area contributed by atoms with Gasteiger partial charge in [0.2, 0.25) is 0 Å². The van der Waals surface area contributed by atoms with Gasteiger partial charge in [-0.25, -0.2) is 4.98 Å². The van der Waals surface area contributed by atoms with Gasteiger partial charge in [-0.05, 0) is 45.2 Å². The number of nitrogens with zero attached hydrogens (tertiary/aromatic N) is 3. The minimum Gasteiger partial charge on any atom is -0.350 e. The molecule has 0 radical (unpaired) electrons. The first kappa shape index (κ1) is 23.2. The van der Waals surface area contributed by atoms with E-state index >= 15 is 0 Å². The molecule has 5 rings (SSSR count). The number of piperidine rings is 1. The monoisotopic (exact) mass is 484 g/mol. The molecule has 2 atom stereocenters. The van der Waals surface area contributed by atoms with Crippen molar-refractivity contribution < 1.29 is 9.59 Å². The van der Waals surface area contributed by atoms with Crippen LogP contribution in [0.1, 0.15) is 51.2 Å². The number of aryl methyl sites for hydroxylation is 1. The van der Waals surface area contributed by atoms with Crippen LogP contribution in [0.15, 0.2) is 66.9 Å². The lowest BCUT2D eigenvalue weighted by Crippen LogP contribution is -2.53. The number of amides is 2. The van der Waals surface area contributed by atoms with E-state index in [1.165, 1.54) is 11.3 Å². The van der Waals surface area contributed by atoms with E-state index in [2.05, 4.69) is 22.2 Å². The standard InChI is InChI=1S/C28H28N4O2S/c1-18-9-6-14-22(17-30-27(33)23-15-7-12-20-13-8-16-29-24(20)23)32(18)28(34)26-25(31-19(2)35-26)21-10-4-3-5-11-21/h3-5,7-8,10-13,15-16,18,22H,6,9,14,17H2,1-2H3,(H,30,33). The highest BCUT2D eigenvalue weighted by molar-refractivity contribution is 7.14. The summed E-state index contributed by atoms with van der Waals surface area (Å²) < 4.78 is 0. The van der Waals surface area contributed by atoms with E-state index in [-0.39, 0.29) is 23.9 Å². The van der Waals surface area contributed by atoms with Crippen LogP contribution >= 0.6 is 11.3 Å². The quantitative estimate of drug-likeness (QED) is 0.407. The lowest BCUT2D eigenvalue weighted by molar-refractivity contribution is 0.0477. The van der Waals surface area contributed by atoms with Crippen molar-refractivity contribution >= 4 is 34.1 Å². The number of carbonyl (C=O) groups is 2. The second kappa shape index (κ2) is 9.96. The second-order valence-corrected chi connectivity index (χ2v) is 10.2. The summed E-state index contributed by atoms with van der Waals surface area (Å²) in [7, 11) is 0. The Morgan fingerprint density at radius 1 is 1.06 bits per heavy atom. The van der Waals surface area contributed by atoms with Crippen LogP contribution in [0.25, 0.3) is 22.2 Å². The fourth-order valence-electron chi connectivity index (χ4n) is 4.93. The SMILES string of the molecule is Cc1nc(-c2ccccc2)c(C(=O)N2C(C)CCCC2CNC(=O)c2cccc3cccnc23)s1. The zero-order chi connectivity index (χ0) is 24.4. The summed E-state index contributed by atoms with van der Waals surface area (Å²) in [6.07, 6.45) is 4.52. The smallest absolute Gasteiger partial charge is 0.266 e. The number of pyridine rings is 1. The molecule has 2 amide bonds. The van der Waals surface area contributed by atoms with Crippen LogP contribution in [-0.4, -0.2) is 45.3 Å². The average molecular weight is 485 g/mol. The van der Waals surface area contributed by atoms with Crippen molar-refractivity contribution in [3.8, 4) is 11.3 Å². The number of likely N-dealkylation sites (tertiary alicyclic amines) is 1. The topological polar surface area (TPSA) is 75.2 Å². The number of thiazole rings is 1. The number of hydrogen-bond donors (Lipinski definition) is 1.